The predicted octanol–water partition coefficient (Wildman–Crippen LogP) is 4.86. The normalized spacial score (nSPS) is 15.0. The number of ether oxygens (including phenoxy) is 3. The average Bonchev–Trinajstić information content (AvgIpc) is 3.42. The topological polar surface area (TPSA) is 60.0 Å². The molecule has 2 aromatic carbocycles. The number of carbonyl (C=O) groups is 1. The minimum Gasteiger partial charge on any atom is -0.493 e. The Morgan fingerprint density at radius 3 is 2.62 bits per heavy atom. The Kier molecular flexibility index (Phi) is 8.87. The second-order valence-corrected chi connectivity index (χ2v) is 9.90. The lowest BCUT2D eigenvalue weighted by molar-refractivity contribution is 0.0162. The van der Waals surface area contributed by atoms with E-state index in [1.54, 1.807) is 37.3 Å². The molecule has 1 N–H and O–H groups in total. The van der Waals surface area contributed by atoms with Gasteiger partial charge < -0.3 is 19.5 Å². The van der Waals surface area contributed by atoms with Gasteiger partial charge in [0.2, 0.25) is 0 Å². The average molecular weight is 499 g/mol. The van der Waals surface area contributed by atoms with Crippen LogP contribution >= 0.6 is 23.1 Å². The minimum absolute atomic E-state index is 0.00131. The van der Waals surface area contributed by atoms with E-state index < -0.39 is 0 Å². The molecule has 1 atom stereocenters. The monoisotopic (exact) mass is 498 g/mol. The number of thioether (sulfide) groups is 1. The van der Waals surface area contributed by atoms with Crippen LogP contribution in [-0.4, -0.2) is 57.9 Å². The third-order valence-corrected chi connectivity index (χ3v) is 8.00. The van der Waals surface area contributed by atoms with Gasteiger partial charge >= 0.3 is 0 Å². The molecule has 0 aliphatic carbocycles. The summed E-state index contributed by atoms with van der Waals surface area (Å²) in [5.41, 5.74) is 1.78. The summed E-state index contributed by atoms with van der Waals surface area (Å²) in [5, 5.41) is 5.27. The Morgan fingerprint density at radius 2 is 1.88 bits per heavy atom. The highest BCUT2D eigenvalue weighted by Gasteiger charge is 2.25. The van der Waals surface area contributed by atoms with Crippen LogP contribution in [0.1, 0.15) is 26.8 Å². The fourth-order valence-electron chi connectivity index (χ4n) is 4.02. The van der Waals surface area contributed by atoms with Crippen molar-refractivity contribution in [1.29, 1.82) is 0 Å². The summed E-state index contributed by atoms with van der Waals surface area (Å²) < 4.78 is 16.5. The van der Waals surface area contributed by atoms with Crippen LogP contribution in [-0.2, 0) is 10.5 Å². The van der Waals surface area contributed by atoms with Crippen molar-refractivity contribution in [3.63, 3.8) is 0 Å². The minimum atomic E-state index is -0.0620. The summed E-state index contributed by atoms with van der Waals surface area (Å²) in [5.74, 6) is 2.16. The molecule has 180 valence electrons. The predicted molar refractivity (Wildman–Crippen MR) is 137 cm³/mol. The first-order valence-electron chi connectivity index (χ1n) is 11.3. The van der Waals surface area contributed by atoms with Crippen molar-refractivity contribution < 1.29 is 19.0 Å². The van der Waals surface area contributed by atoms with Crippen molar-refractivity contribution in [2.45, 2.75) is 16.7 Å². The second kappa shape index (κ2) is 12.3. The lowest BCUT2D eigenvalue weighted by Crippen LogP contribution is -2.43. The van der Waals surface area contributed by atoms with E-state index in [0.29, 0.717) is 36.8 Å². The van der Waals surface area contributed by atoms with Gasteiger partial charge in [0, 0.05) is 35.2 Å². The Labute approximate surface area is 209 Å². The van der Waals surface area contributed by atoms with Crippen molar-refractivity contribution >= 4 is 29.0 Å². The standard InChI is InChI=1S/C26H30N2O4S2/c1-30-23-10-9-19(16-24(23)31-2)22(28-11-13-32-14-12-28)17-27-26(29)21-7-3-4-8-25(21)34-18-20-6-5-15-33-20/h3-10,15-16,22H,11-14,17-18H2,1-2H3,(H,27,29). The van der Waals surface area contributed by atoms with Gasteiger partial charge in [0.05, 0.1) is 39.0 Å². The van der Waals surface area contributed by atoms with Crippen molar-refractivity contribution in [3.05, 3.63) is 76.0 Å². The molecule has 0 bridgehead atoms. The van der Waals surface area contributed by atoms with Crippen LogP contribution in [0.4, 0.5) is 0 Å². The molecule has 1 saturated heterocycles. The molecular formula is C26H30N2O4S2. The molecule has 0 radical (unpaired) electrons. The Balaban J connectivity index is 1.50. The van der Waals surface area contributed by atoms with Gasteiger partial charge in [0.1, 0.15) is 0 Å². The number of hydrogen-bond donors (Lipinski definition) is 1. The highest BCUT2D eigenvalue weighted by Crippen LogP contribution is 2.32. The number of benzene rings is 2. The van der Waals surface area contributed by atoms with Gasteiger partial charge in [-0.05, 0) is 41.3 Å². The van der Waals surface area contributed by atoms with Gasteiger partial charge in [-0.1, -0.05) is 24.3 Å². The van der Waals surface area contributed by atoms with Crippen molar-refractivity contribution in [2.75, 3.05) is 47.1 Å². The molecule has 3 aromatic rings. The van der Waals surface area contributed by atoms with Crippen molar-refractivity contribution in [3.8, 4) is 11.5 Å². The highest BCUT2D eigenvalue weighted by atomic mass is 32.2. The molecule has 1 unspecified atom stereocenters. The SMILES string of the molecule is COc1ccc(C(CNC(=O)c2ccccc2SCc2cccs2)N2CCOCC2)cc1OC. The smallest absolute Gasteiger partial charge is 0.252 e. The van der Waals surface area contributed by atoms with Crippen LogP contribution in [0.2, 0.25) is 0 Å². The van der Waals surface area contributed by atoms with Crippen LogP contribution in [0.5, 0.6) is 11.5 Å². The molecule has 1 amide bonds. The zero-order valence-corrected chi connectivity index (χ0v) is 21.1. The van der Waals surface area contributed by atoms with E-state index >= 15 is 0 Å². The number of thiophene rings is 1. The molecule has 0 spiro atoms. The molecule has 1 fully saturated rings. The van der Waals surface area contributed by atoms with Gasteiger partial charge in [-0.15, -0.1) is 23.1 Å². The molecule has 34 heavy (non-hydrogen) atoms. The molecule has 1 aliphatic rings. The molecule has 8 heteroatoms. The first-order valence-corrected chi connectivity index (χ1v) is 13.1. The molecular weight excluding hydrogens is 468 g/mol. The Morgan fingerprint density at radius 1 is 1.09 bits per heavy atom. The maximum atomic E-state index is 13.3. The third kappa shape index (κ3) is 6.13. The maximum absolute atomic E-state index is 13.3. The molecule has 4 rings (SSSR count). The number of amides is 1. The molecule has 6 nitrogen and oxygen atoms in total. The molecule has 2 heterocycles. The third-order valence-electron chi connectivity index (χ3n) is 5.82. The van der Waals surface area contributed by atoms with Crippen LogP contribution in [0.25, 0.3) is 0 Å². The van der Waals surface area contributed by atoms with E-state index in [0.717, 1.165) is 29.3 Å². The maximum Gasteiger partial charge on any atom is 0.252 e. The number of nitrogens with one attached hydrogen (secondary N) is 1. The summed E-state index contributed by atoms with van der Waals surface area (Å²) in [7, 11) is 3.27. The van der Waals surface area contributed by atoms with Gasteiger partial charge in [-0.3, -0.25) is 9.69 Å². The second-order valence-electron chi connectivity index (χ2n) is 7.85. The number of hydrogen-bond acceptors (Lipinski definition) is 7. The fourth-order valence-corrected chi connectivity index (χ4v) is 5.84. The van der Waals surface area contributed by atoms with Crippen molar-refractivity contribution in [1.82, 2.24) is 10.2 Å². The summed E-state index contributed by atoms with van der Waals surface area (Å²) in [6, 6.07) is 17.9. The lowest BCUT2D eigenvalue weighted by Gasteiger charge is -2.35. The van der Waals surface area contributed by atoms with Crippen molar-refractivity contribution in [2.24, 2.45) is 0 Å². The van der Waals surface area contributed by atoms with Crippen LogP contribution in [0, 0.1) is 0 Å². The van der Waals surface area contributed by atoms with Gasteiger partial charge in [0.15, 0.2) is 11.5 Å². The van der Waals surface area contributed by atoms with E-state index in [9.17, 15) is 4.79 Å². The first kappa shape index (κ1) is 24.6. The number of carbonyl (C=O) groups excluding carboxylic acids is 1. The van der Waals surface area contributed by atoms with E-state index in [2.05, 4.69) is 27.7 Å². The van der Waals surface area contributed by atoms with E-state index in [4.69, 9.17) is 14.2 Å². The lowest BCUT2D eigenvalue weighted by atomic mass is 10.0. The number of morpholine rings is 1. The van der Waals surface area contributed by atoms with Crippen LogP contribution in [0.3, 0.4) is 0 Å². The van der Waals surface area contributed by atoms with Gasteiger partial charge in [-0.25, -0.2) is 0 Å². The Bertz CT molecular complexity index is 1070. The van der Waals surface area contributed by atoms with Crippen LogP contribution < -0.4 is 14.8 Å². The fraction of sp³-hybridized carbons (Fsp3) is 0.346. The number of methoxy groups -OCH3 is 2. The number of nitrogens with zero attached hydrogens (tertiary/aromatic N) is 1. The first-order chi connectivity index (χ1) is 16.7. The number of rotatable bonds is 10. The Hall–Kier alpha value is -2.52. The van der Waals surface area contributed by atoms with Gasteiger partial charge in [-0.2, -0.15) is 0 Å². The summed E-state index contributed by atoms with van der Waals surface area (Å²) >= 11 is 3.43. The zero-order chi connectivity index (χ0) is 23.8. The van der Waals surface area contributed by atoms with E-state index in [1.807, 2.05) is 42.5 Å². The highest BCUT2D eigenvalue weighted by molar-refractivity contribution is 7.98. The molecule has 1 aliphatic heterocycles. The summed E-state index contributed by atoms with van der Waals surface area (Å²) in [6.07, 6.45) is 0. The quantitative estimate of drug-likeness (QED) is 0.403. The van der Waals surface area contributed by atoms with Crippen LogP contribution in [0.15, 0.2) is 64.9 Å². The largest absolute Gasteiger partial charge is 0.493 e. The van der Waals surface area contributed by atoms with E-state index in [-0.39, 0.29) is 11.9 Å². The summed E-state index contributed by atoms with van der Waals surface area (Å²) in [6.45, 7) is 3.46. The zero-order valence-electron chi connectivity index (χ0n) is 19.5. The summed E-state index contributed by atoms with van der Waals surface area (Å²) in [4.78, 5) is 17.9. The molecule has 1 aromatic heterocycles. The van der Waals surface area contributed by atoms with Gasteiger partial charge in [0.25, 0.3) is 5.91 Å². The van der Waals surface area contributed by atoms with E-state index in [1.165, 1.54) is 4.88 Å². The molecule has 0 saturated carbocycles.